The Kier molecular flexibility index (Phi) is 7.97. The van der Waals surface area contributed by atoms with Crippen LogP contribution in [0.5, 0.6) is 0 Å². The van der Waals surface area contributed by atoms with Crippen molar-refractivity contribution in [3.05, 3.63) is 90.0 Å². The number of aryl methyl sites for hydroxylation is 1. The molecule has 0 spiro atoms. The quantitative estimate of drug-likeness (QED) is 0.472. The predicted molar refractivity (Wildman–Crippen MR) is 128 cm³/mol. The highest BCUT2D eigenvalue weighted by atomic mass is 32.2. The van der Waals surface area contributed by atoms with Gasteiger partial charge in [0.05, 0.1) is 16.6 Å². The number of para-hydroxylation sites is 1. The maximum atomic E-state index is 13.2. The maximum Gasteiger partial charge on any atom is 0.240 e. The summed E-state index contributed by atoms with van der Waals surface area (Å²) in [6, 6.07) is 22.4. The van der Waals surface area contributed by atoms with E-state index >= 15 is 0 Å². The van der Waals surface area contributed by atoms with Crippen molar-refractivity contribution in [2.75, 3.05) is 19.0 Å². The number of rotatable bonds is 9. The summed E-state index contributed by atoms with van der Waals surface area (Å²) in [5.74, 6) is 0. The first-order valence-electron chi connectivity index (χ1n) is 10.2. The summed E-state index contributed by atoms with van der Waals surface area (Å²) in [5.41, 5.74) is 2.46. The van der Waals surface area contributed by atoms with Crippen LogP contribution in [0, 0.1) is 6.92 Å². The van der Waals surface area contributed by atoms with Gasteiger partial charge in [0.2, 0.25) is 14.9 Å². The third kappa shape index (κ3) is 5.90. The molecule has 32 heavy (non-hydrogen) atoms. The summed E-state index contributed by atoms with van der Waals surface area (Å²) < 4.78 is 47.8. The largest absolute Gasteiger partial charge is 0.580 e. The molecule has 6 nitrogen and oxygen atoms in total. The minimum absolute atomic E-state index is 0.167. The van der Waals surface area contributed by atoms with Crippen molar-refractivity contribution in [3.8, 4) is 0 Å². The van der Waals surface area contributed by atoms with E-state index in [1.54, 1.807) is 43.3 Å². The van der Waals surface area contributed by atoms with Gasteiger partial charge in [-0.2, -0.15) is 4.18 Å². The Morgan fingerprint density at radius 2 is 1.53 bits per heavy atom. The van der Waals surface area contributed by atoms with Crippen molar-refractivity contribution in [3.63, 3.8) is 0 Å². The minimum atomic E-state index is -3.79. The zero-order valence-electron chi connectivity index (χ0n) is 18.6. The van der Waals surface area contributed by atoms with Crippen LogP contribution in [0.2, 0.25) is 0 Å². The first-order valence-corrected chi connectivity index (χ1v) is 12.7. The van der Waals surface area contributed by atoms with E-state index in [4.69, 9.17) is 4.18 Å². The Balaban J connectivity index is 1.89. The van der Waals surface area contributed by atoms with E-state index in [1.807, 2.05) is 68.4 Å². The Hall–Kier alpha value is -2.36. The normalized spacial score (nSPS) is 14.5. The number of nitrogens with one attached hydrogen (secondary N) is 1. The van der Waals surface area contributed by atoms with Crippen LogP contribution in [-0.4, -0.2) is 33.1 Å². The average molecular weight is 473 g/mol. The summed E-state index contributed by atoms with van der Waals surface area (Å²) in [6.45, 7) is 3.60. The second-order valence-electron chi connectivity index (χ2n) is 7.75. The standard InChI is InChI=1S/C24H28N2O4S2/c1-18-14-16-21(17-15-18)32(28,29)25-19(2)24(20-10-6-5-7-11-20)30-31(27)23-13-9-8-12-22(23)26(3)4/h5-17,19,24-25H,1-4H3/t19-,24-,31?/m0/s1. The molecule has 0 radical (unpaired) electrons. The van der Waals surface area contributed by atoms with Gasteiger partial charge in [0.25, 0.3) is 0 Å². The first kappa shape index (κ1) is 24.3. The lowest BCUT2D eigenvalue weighted by Gasteiger charge is -2.26. The lowest BCUT2D eigenvalue weighted by molar-refractivity contribution is 0.180. The summed E-state index contributed by atoms with van der Waals surface area (Å²) in [7, 11) is -0.0603. The summed E-state index contributed by atoms with van der Waals surface area (Å²) in [4.78, 5) is 2.55. The van der Waals surface area contributed by atoms with Crippen molar-refractivity contribution >= 4 is 27.2 Å². The average Bonchev–Trinajstić information content (AvgIpc) is 2.77. The van der Waals surface area contributed by atoms with Gasteiger partial charge >= 0.3 is 0 Å². The minimum Gasteiger partial charge on any atom is -0.580 e. The molecule has 3 aromatic rings. The highest BCUT2D eigenvalue weighted by Gasteiger charge is 2.32. The van der Waals surface area contributed by atoms with Gasteiger partial charge in [-0.25, -0.2) is 13.1 Å². The maximum absolute atomic E-state index is 13.2. The highest BCUT2D eigenvalue weighted by molar-refractivity contribution is 7.89. The van der Waals surface area contributed by atoms with E-state index in [0.717, 1.165) is 16.8 Å². The molecule has 1 N–H and O–H groups in total. The van der Waals surface area contributed by atoms with Crippen molar-refractivity contribution in [2.24, 2.45) is 0 Å². The number of hydrogen-bond acceptors (Lipinski definition) is 5. The smallest absolute Gasteiger partial charge is 0.240 e. The molecule has 3 aromatic carbocycles. The molecule has 0 aliphatic heterocycles. The fourth-order valence-electron chi connectivity index (χ4n) is 3.28. The van der Waals surface area contributed by atoms with Gasteiger partial charge in [-0.3, -0.25) is 0 Å². The summed E-state index contributed by atoms with van der Waals surface area (Å²) in [5, 5.41) is 0. The second kappa shape index (κ2) is 10.5. The van der Waals surface area contributed by atoms with Crippen LogP contribution < -0.4 is 9.62 Å². The SMILES string of the molecule is Cc1ccc(S(=O)(=O)N[C@@H](C)[C@H](O[S+]([O-])c2ccccc2N(C)C)c2ccccc2)cc1. The van der Waals surface area contributed by atoms with Gasteiger partial charge in [-0.1, -0.05) is 60.2 Å². The summed E-state index contributed by atoms with van der Waals surface area (Å²) >= 11 is -1.82. The van der Waals surface area contributed by atoms with Crippen molar-refractivity contribution < 1.29 is 17.2 Å². The van der Waals surface area contributed by atoms with Gasteiger partial charge in [-0.05, 0) is 43.7 Å². The highest BCUT2D eigenvalue weighted by Crippen LogP contribution is 2.31. The van der Waals surface area contributed by atoms with Crippen molar-refractivity contribution in [2.45, 2.75) is 35.8 Å². The molecule has 8 heteroatoms. The van der Waals surface area contributed by atoms with Crippen LogP contribution in [0.4, 0.5) is 5.69 Å². The van der Waals surface area contributed by atoms with E-state index in [1.165, 1.54) is 0 Å². The monoisotopic (exact) mass is 472 g/mol. The predicted octanol–water partition coefficient (Wildman–Crippen LogP) is 4.21. The molecule has 0 aliphatic carbocycles. The van der Waals surface area contributed by atoms with Crippen LogP contribution in [0.15, 0.2) is 88.7 Å². The lowest BCUT2D eigenvalue weighted by atomic mass is 10.0. The van der Waals surface area contributed by atoms with Gasteiger partial charge in [0.15, 0.2) is 17.6 Å². The Bertz CT molecular complexity index is 1120. The Morgan fingerprint density at radius 3 is 2.16 bits per heavy atom. The number of sulfonamides is 1. The Labute approximate surface area is 193 Å². The van der Waals surface area contributed by atoms with Crippen LogP contribution >= 0.6 is 0 Å². The molecule has 3 atom stereocenters. The van der Waals surface area contributed by atoms with E-state index in [2.05, 4.69) is 4.72 Å². The topological polar surface area (TPSA) is 81.7 Å². The number of benzene rings is 3. The van der Waals surface area contributed by atoms with Crippen molar-refractivity contribution in [1.82, 2.24) is 4.72 Å². The van der Waals surface area contributed by atoms with Gasteiger partial charge < -0.3 is 9.45 Å². The van der Waals surface area contributed by atoms with Gasteiger partial charge in [0.1, 0.15) is 0 Å². The third-order valence-corrected chi connectivity index (χ3v) is 7.63. The molecule has 1 unspecified atom stereocenters. The molecule has 0 fully saturated rings. The fraction of sp³-hybridized carbons (Fsp3) is 0.250. The molecule has 0 aliphatic rings. The lowest BCUT2D eigenvalue weighted by Crippen LogP contribution is -2.38. The number of nitrogens with zero attached hydrogens (tertiary/aromatic N) is 1. The molecular weight excluding hydrogens is 444 g/mol. The molecule has 0 bridgehead atoms. The molecule has 3 rings (SSSR count). The van der Waals surface area contributed by atoms with Crippen LogP contribution in [-0.2, 0) is 25.7 Å². The molecule has 0 aromatic heterocycles. The molecule has 0 amide bonds. The summed E-state index contributed by atoms with van der Waals surface area (Å²) in [6.07, 6.45) is -0.771. The van der Waals surface area contributed by atoms with Gasteiger partial charge in [0, 0.05) is 14.1 Å². The zero-order chi connectivity index (χ0) is 23.3. The van der Waals surface area contributed by atoms with E-state index < -0.39 is 33.6 Å². The number of anilines is 1. The molecule has 0 saturated carbocycles. The van der Waals surface area contributed by atoms with E-state index in [0.29, 0.717) is 4.90 Å². The third-order valence-electron chi connectivity index (χ3n) is 4.97. The second-order valence-corrected chi connectivity index (χ2v) is 10.6. The molecule has 0 saturated heterocycles. The molecular formula is C24H28N2O4S2. The van der Waals surface area contributed by atoms with Crippen LogP contribution in [0.1, 0.15) is 24.2 Å². The fourth-order valence-corrected chi connectivity index (χ4v) is 5.70. The Morgan fingerprint density at radius 1 is 0.938 bits per heavy atom. The zero-order valence-corrected chi connectivity index (χ0v) is 20.2. The molecule has 0 heterocycles. The van der Waals surface area contributed by atoms with Crippen LogP contribution in [0.25, 0.3) is 0 Å². The van der Waals surface area contributed by atoms with E-state index in [-0.39, 0.29) is 4.90 Å². The van der Waals surface area contributed by atoms with Crippen molar-refractivity contribution in [1.29, 1.82) is 0 Å². The van der Waals surface area contributed by atoms with E-state index in [9.17, 15) is 13.0 Å². The van der Waals surface area contributed by atoms with Crippen LogP contribution in [0.3, 0.4) is 0 Å². The van der Waals surface area contributed by atoms with Gasteiger partial charge in [-0.15, -0.1) is 0 Å². The first-order chi connectivity index (χ1) is 15.2. The number of hydrogen-bond donors (Lipinski definition) is 1. The molecule has 170 valence electrons.